The number of rotatable bonds is 15. The number of unbranched alkanes of at least 4 members (excludes halogenated alkanes) is 8. The minimum atomic E-state index is -0.670. The molecule has 0 saturated carbocycles. The molecule has 3 aromatic carbocycles. The molecular weight excluding hydrogens is 516 g/mol. The Hall–Kier alpha value is -3.80. The van der Waals surface area contributed by atoms with Crippen LogP contribution in [0.1, 0.15) is 114 Å². The van der Waals surface area contributed by atoms with Crippen molar-refractivity contribution in [1.82, 2.24) is 0 Å². The van der Waals surface area contributed by atoms with Crippen LogP contribution in [0.25, 0.3) is 0 Å². The second-order valence-electron chi connectivity index (χ2n) is 10.1. The van der Waals surface area contributed by atoms with Crippen molar-refractivity contribution in [3.8, 4) is 11.5 Å². The highest BCUT2D eigenvalue weighted by atomic mass is 16.4. The molecule has 4 N–H and O–H groups in total. The molecule has 224 valence electrons. The second-order valence-corrected chi connectivity index (χ2v) is 10.1. The van der Waals surface area contributed by atoms with Crippen molar-refractivity contribution in [2.24, 2.45) is 0 Å². The summed E-state index contributed by atoms with van der Waals surface area (Å²) in [5, 5.41) is 35.5. The molecule has 0 aromatic heterocycles. The van der Waals surface area contributed by atoms with Crippen LogP contribution in [0.3, 0.4) is 0 Å². The number of carboxylic acid groups (broad SMARTS) is 2. The minimum absolute atomic E-state index is 0.0763. The molecule has 0 fully saturated rings. The fourth-order valence-corrected chi connectivity index (χ4v) is 4.32. The Morgan fingerprint density at radius 3 is 1.20 bits per heavy atom. The van der Waals surface area contributed by atoms with Gasteiger partial charge in [0.05, 0.1) is 0 Å². The molecular formula is C35H48O6. The van der Waals surface area contributed by atoms with Crippen molar-refractivity contribution < 1.29 is 30.0 Å². The maximum atomic E-state index is 10.0. The van der Waals surface area contributed by atoms with Gasteiger partial charge in [0.25, 0.3) is 0 Å². The zero-order valence-electron chi connectivity index (χ0n) is 24.7. The first kappa shape index (κ1) is 35.2. The fraction of sp³-hybridized carbons (Fsp3) is 0.429. The first-order valence-electron chi connectivity index (χ1n) is 14.8. The van der Waals surface area contributed by atoms with Crippen molar-refractivity contribution in [2.75, 3.05) is 0 Å². The number of aromatic hydroxyl groups is 2. The number of aliphatic carboxylic acids is 2. The van der Waals surface area contributed by atoms with Crippen molar-refractivity contribution in [2.45, 2.75) is 96.8 Å². The fourth-order valence-electron chi connectivity index (χ4n) is 4.32. The van der Waals surface area contributed by atoms with Gasteiger partial charge in [-0.05, 0) is 53.8 Å². The molecule has 0 aliphatic heterocycles. The smallest absolute Gasteiger partial charge is 0.303 e. The monoisotopic (exact) mass is 564 g/mol. The van der Waals surface area contributed by atoms with E-state index in [2.05, 4.69) is 26.0 Å². The van der Waals surface area contributed by atoms with E-state index in [4.69, 9.17) is 10.2 Å². The van der Waals surface area contributed by atoms with Crippen LogP contribution in [0.2, 0.25) is 0 Å². The number of carbonyl (C=O) groups is 2. The van der Waals surface area contributed by atoms with Crippen molar-refractivity contribution in [1.29, 1.82) is 0 Å². The van der Waals surface area contributed by atoms with Gasteiger partial charge in [0, 0.05) is 18.8 Å². The van der Waals surface area contributed by atoms with Gasteiger partial charge in [-0.2, -0.15) is 0 Å². The third-order valence-corrected chi connectivity index (χ3v) is 6.57. The molecule has 3 aromatic rings. The lowest BCUT2D eigenvalue weighted by Crippen LogP contribution is -2.02. The molecule has 0 aliphatic carbocycles. The van der Waals surface area contributed by atoms with E-state index < -0.39 is 11.9 Å². The van der Waals surface area contributed by atoms with E-state index in [1.165, 1.54) is 44.1 Å². The van der Waals surface area contributed by atoms with Crippen molar-refractivity contribution in [3.05, 3.63) is 95.6 Å². The number of carboxylic acids is 2. The van der Waals surface area contributed by atoms with E-state index in [1.807, 2.05) is 42.5 Å². The lowest BCUT2D eigenvalue weighted by Gasteiger charge is -2.19. The Kier molecular flexibility index (Phi) is 18.9. The molecule has 0 heterocycles. The van der Waals surface area contributed by atoms with Gasteiger partial charge in [-0.3, -0.25) is 9.59 Å². The molecule has 0 unspecified atom stereocenters. The molecule has 0 amide bonds. The Morgan fingerprint density at radius 2 is 0.854 bits per heavy atom. The van der Waals surface area contributed by atoms with Gasteiger partial charge in [-0.25, -0.2) is 0 Å². The molecule has 3 rings (SSSR count). The standard InChI is InChI=1S/C19H16O2.2C8H16O2/c20-17-10-6-15(7-11-17)19(14-4-2-1-3-5-14)16-8-12-18(21)13-9-16;2*1-2-3-4-5-6-7-8(9)10/h1-13,19-21H;2*2-7H2,1H3,(H,9,10). The van der Waals surface area contributed by atoms with Gasteiger partial charge in [0.15, 0.2) is 0 Å². The maximum Gasteiger partial charge on any atom is 0.303 e. The number of phenolic OH excluding ortho intramolecular Hbond substituents is 2. The Bertz CT molecular complexity index is 1010. The quantitative estimate of drug-likeness (QED) is 0.108. The number of phenols is 2. The second kappa shape index (κ2) is 22.0. The van der Waals surface area contributed by atoms with Gasteiger partial charge >= 0.3 is 11.9 Å². The van der Waals surface area contributed by atoms with Crippen molar-refractivity contribution >= 4 is 11.9 Å². The molecule has 0 atom stereocenters. The van der Waals surface area contributed by atoms with Crippen molar-refractivity contribution in [3.63, 3.8) is 0 Å². The van der Waals surface area contributed by atoms with E-state index in [0.717, 1.165) is 36.8 Å². The van der Waals surface area contributed by atoms with Crippen LogP contribution < -0.4 is 0 Å². The molecule has 6 heteroatoms. The Morgan fingerprint density at radius 1 is 0.512 bits per heavy atom. The largest absolute Gasteiger partial charge is 0.508 e. The third-order valence-electron chi connectivity index (χ3n) is 6.57. The summed E-state index contributed by atoms with van der Waals surface area (Å²) in [7, 11) is 0. The van der Waals surface area contributed by atoms with E-state index in [9.17, 15) is 19.8 Å². The summed E-state index contributed by atoms with van der Waals surface area (Å²) in [6.45, 7) is 4.30. The number of hydrogen-bond donors (Lipinski definition) is 4. The minimum Gasteiger partial charge on any atom is -0.508 e. The zero-order chi connectivity index (χ0) is 30.3. The van der Waals surface area contributed by atoms with E-state index in [-0.39, 0.29) is 17.4 Å². The average Bonchev–Trinajstić information content (AvgIpc) is 2.96. The van der Waals surface area contributed by atoms with Crippen LogP contribution in [-0.4, -0.2) is 32.4 Å². The van der Waals surface area contributed by atoms with Gasteiger partial charge in [-0.15, -0.1) is 0 Å². The van der Waals surface area contributed by atoms with Gasteiger partial charge < -0.3 is 20.4 Å². The highest BCUT2D eigenvalue weighted by Gasteiger charge is 2.16. The average molecular weight is 565 g/mol. The highest BCUT2D eigenvalue weighted by molar-refractivity contribution is 5.66. The van der Waals surface area contributed by atoms with Crippen LogP contribution in [-0.2, 0) is 9.59 Å². The van der Waals surface area contributed by atoms with Crippen LogP contribution >= 0.6 is 0 Å². The summed E-state index contributed by atoms with van der Waals surface area (Å²) in [5.74, 6) is -0.743. The lowest BCUT2D eigenvalue weighted by atomic mass is 9.85. The predicted octanol–water partition coefficient (Wildman–Crippen LogP) is 9.14. The van der Waals surface area contributed by atoms with Crippen LogP contribution in [0.5, 0.6) is 11.5 Å². The zero-order valence-corrected chi connectivity index (χ0v) is 24.7. The SMILES string of the molecule is CCCCCCCC(=O)O.CCCCCCCC(=O)O.Oc1ccc(C(c2ccccc2)c2ccc(O)cc2)cc1. The molecule has 41 heavy (non-hydrogen) atoms. The molecule has 0 spiro atoms. The summed E-state index contributed by atoms with van der Waals surface area (Å²) < 4.78 is 0. The Labute approximate surface area is 245 Å². The van der Waals surface area contributed by atoms with Crippen LogP contribution in [0.15, 0.2) is 78.9 Å². The normalized spacial score (nSPS) is 10.2. The number of hydrogen-bond acceptors (Lipinski definition) is 4. The van der Waals surface area contributed by atoms with Crippen LogP contribution in [0, 0.1) is 0 Å². The lowest BCUT2D eigenvalue weighted by molar-refractivity contribution is -0.138. The maximum absolute atomic E-state index is 10.0. The third kappa shape index (κ3) is 16.8. The van der Waals surface area contributed by atoms with E-state index >= 15 is 0 Å². The first-order chi connectivity index (χ1) is 19.8. The molecule has 0 radical (unpaired) electrons. The summed E-state index contributed by atoms with van der Waals surface area (Å²) in [6, 6.07) is 24.7. The van der Waals surface area contributed by atoms with E-state index in [1.54, 1.807) is 24.3 Å². The summed E-state index contributed by atoms with van der Waals surface area (Å²) in [4.78, 5) is 20.1. The molecule has 6 nitrogen and oxygen atoms in total. The van der Waals surface area contributed by atoms with Crippen LogP contribution in [0.4, 0.5) is 0 Å². The molecule has 0 saturated heterocycles. The van der Waals surface area contributed by atoms with Gasteiger partial charge in [-0.1, -0.05) is 120 Å². The first-order valence-corrected chi connectivity index (χ1v) is 14.8. The molecule has 0 aliphatic rings. The summed E-state index contributed by atoms with van der Waals surface area (Å²) in [5.41, 5.74) is 3.38. The molecule has 0 bridgehead atoms. The Balaban J connectivity index is 0.000000355. The van der Waals surface area contributed by atoms with Gasteiger partial charge in [0.1, 0.15) is 11.5 Å². The highest BCUT2D eigenvalue weighted by Crippen LogP contribution is 2.33. The summed E-state index contributed by atoms with van der Waals surface area (Å²) >= 11 is 0. The van der Waals surface area contributed by atoms with E-state index in [0.29, 0.717) is 12.8 Å². The number of benzene rings is 3. The summed E-state index contributed by atoms with van der Waals surface area (Å²) in [6.07, 6.45) is 11.8. The van der Waals surface area contributed by atoms with Gasteiger partial charge in [0.2, 0.25) is 0 Å². The topological polar surface area (TPSA) is 115 Å². The predicted molar refractivity (Wildman–Crippen MR) is 166 cm³/mol.